The Balaban J connectivity index is 2.07. The molecule has 1 heterocycles. The molecular weight excluding hydrogens is 272 g/mol. The molecule has 0 saturated heterocycles. The van der Waals surface area contributed by atoms with E-state index in [1.54, 1.807) is 7.11 Å². The third-order valence-electron chi connectivity index (χ3n) is 3.26. The molecule has 108 valence electrons. The van der Waals surface area contributed by atoms with Crippen LogP contribution in [0.15, 0.2) is 30.6 Å². The van der Waals surface area contributed by atoms with Gasteiger partial charge in [-0.1, -0.05) is 18.5 Å². The van der Waals surface area contributed by atoms with Gasteiger partial charge in [0.15, 0.2) is 0 Å². The zero-order valence-corrected chi connectivity index (χ0v) is 13.0. The number of nitrogens with one attached hydrogen (secondary N) is 1. The molecule has 0 unspecified atom stereocenters. The van der Waals surface area contributed by atoms with Gasteiger partial charge >= 0.3 is 0 Å². The van der Waals surface area contributed by atoms with Crippen LogP contribution in [0.2, 0.25) is 5.02 Å². The fourth-order valence-corrected chi connectivity index (χ4v) is 2.31. The van der Waals surface area contributed by atoms with E-state index in [2.05, 4.69) is 35.3 Å². The molecule has 1 aromatic carbocycles. The average Bonchev–Trinajstić information content (AvgIpc) is 2.88. The normalized spacial score (nSPS) is 10.6. The van der Waals surface area contributed by atoms with Crippen molar-refractivity contribution in [3.05, 3.63) is 46.7 Å². The van der Waals surface area contributed by atoms with Crippen molar-refractivity contribution in [2.75, 3.05) is 12.4 Å². The highest BCUT2D eigenvalue weighted by atomic mass is 35.5. The number of nitrogens with zero attached hydrogens (tertiary/aromatic N) is 1. The van der Waals surface area contributed by atoms with Crippen LogP contribution < -0.4 is 10.1 Å². The van der Waals surface area contributed by atoms with Gasteiger partial charge in [-0.2, -0.15) is 0 Å². The van der Waals surface area contributed by atoms with E-state index >= 15 is 0 Å². The summed E-state index contributed by atoms with van der Waals surface area (Å²) in [7, 11) is 1.66. The van der Waals surface area contributed by atoms with Gasteiger partial charge in [0.1, 0.15) is 5.75 Å². The van der Waals surface area contributed by atoms with Crippen LogP contribution in [0.4, 0.5) is 5.69 Å². The van der Waals surface area contributed by atoms with E-state index in [1.165, 1.54) is 5.56 Å². The Labute approximate surface area is 125 Å². The third-order valence-corrected chi connectivity index (χ3v) is 3.66. The Kier molecular flexibility index (Phi) is 4.96. The summed E-state index contributed by atoms with van der Waals surface area (Å²) in [4.78, 5) is 0. The summed E-state index contributed by atoms with van der Waals surface area (Å²) < 4.78 is 7.57. The number of benzene rings is 1. The van der Waals surface area contributed by atoms with Crippen LogP contribution >= 0.6 is 11.6 Å². The minimum absolute atomic E-state index is 0.724. The molecule has 0 atom stereocenters. The van der Waals surface area contributed by atoms with Crippen LogP contribution in [0.1, 0.15) is 24.5 Å². The lowest BCUT2D eigenvalue weighted by Crippen LogP contribution is -2.01. The Morgan fingerprint density at radius 3 is 2.85 bits per heavy atom. The molecule has 4 heteroatoms. The summed E-state index contributed by atoms with van der Waals surface area (Å²) in [5.74, 6) is 0.772. The monoisotopic (exact) mass is 292 g/mol. The number of hydrogen-bond donors (Lipinski definition) is 1. The van der Waals surface area contributed by atoms with E-state index in [4.69, 9.17) is 16.3 Å². The van der Waals surface area contributed by atoms with E-state index < -0.39 is 0 Å². The van der Waals surface area contributed by atoms with Crippen LogP contribution in [0.5, 0.6) is 5.75 Å². The maximum atomic E-state index is 6.11. The van der Waals surface area contributed by atoms with Crippen molar-refractivity contribution in [1.29, 1.82) is 0 Å². The topological polar surface area (TPSA) is 26.2 Å². The second-order valence-electron chi connectivity index (χ2n) is 4.91. The first-order chi connectivity index (χ1) is 9.63. The molecule has 2 rings (SSSR count). The molecule has 20 heavy (non-hydrogen) atoms. The first-order valence-corrected chi connectivity index (χ1v) is 7.24. The maximum absolute atomic E-state index is 6.11. The Morgan fingerprint density at radius 2 is 2.15 bits per heavy atom. The van der Waals surface area contributed by atoms with E-state index in [0.717, 1.165) is 41.5 Å². The number of ether oxygens (including phenoxy) is 1. The number of aromatic nitrogens is 1. The van der Waals surface area contributed by atoms with Gasteiger partial charge in [0.25, 0.3) is 0 Å². The van der Waals surface area contributed by atoms with Gasteiger partial charge in [-0.15, -0.1) is 0 Å². The lowest BCUT2D eigenvalue weighted by atomic mass is 10.2. The van der Waals surface area contributed by atoms with Gasteiger partial charge in [-0.25, -0.2) is 0 Å². The van der Waals surface area contributed by atoms with Crippen LogP contribution in [0, 0.1) is 6.92 Å². The van der Waals surface area contributed by atoms with Gasteiger partial charge in [-0.05, 0) is 36.6 Å². The van der Waals surface area contributed by atoms with Crippen molar-refractivity contribution >= 4 is 17.3 Å². The second-order valence-corrected chi connectivity index (χ2v) is 5.32. The van der Waals surface area contributed by atoms with Gasteiger partial charge in [-0.3, -0.25) is 0 Å². The molecule has 2 aromatic rings. The Morgan fingerprint density at radius 1 is 1.35 bits per heavy atom. The number of rotatable bonds is 6. The van der Waals surface area contributed by atoms with Gasteiger partial charge < -0.3 is 14.6 Å². The minimum atomic E-state index is 0.724. The third kappa shape index (κ3) is 3.48. The highest BCUT2D eigenvalue weighted by Gasteiger charge is 2.07. The zero-order valence-electron chi connectivity index (χ0n) is 12.2. The van der Waals surface area contributed by atoms with Crippen LogP contribution in [0.25, 0.3) is 0 Å². The fraction of sp³-hybridized carbons (Fsp3) is 0.375. The van der Waals surface area contributed by atoms with E-state index in [0.29, 0.717) is 0 Å². The fourth-order valence-electron chi connectivity index (χ4n) is 2.16. The summed E-state index contributed by atoms with van der Waals surface area (Å²) in [6.45, 7) is 6.00. The van der Waals surface area contributed by atoms with Gasteiger partial charge in [0.2, 0.25) is 0 Å². The van der Waals surface area contributed by atoms with Crippen molar-refractivity contribution in [3.63, 3.8) is 0 Å². The highest BCUT2D eigenvalue weighted by molar-refractivity contribution is 6.31. The number of halogens is 1. The van der Waals surface area contributed by atoms with Crippen LogP contribution in [-0.2, 0) is 13.1 Å². The number of hydrogen-bond acceptors (Lipinski definition) is 2. The molecule has 0 fully saturated rings. The molecule has 0 saturated carbocycles. The summed E-state index contributed by atoms with van der Waals surface area (Å²) in [6.07, 6.45) is 5.43. The van der Waals surface area contributed by atoms with E-state index in [-0.39, 0.29) is 0 Å². The largest absolute Gasteiger partial charge is 0.495 e. The number of anilines is 1. The number of aryl methyl sites for hydroxylation is 2. The molecule has 0 bridgehead atoms. The first kappa shape index (κ1) is 14.8. The second kappa shape index (κ2) is 6.71. The Hall–Kier alpha value is -1.61. The molecule has 1 aromatic heterocycles. The van der Waals surface area contributed by atoms with E-state index in [9.17, 15) is 0 Å². The molecule has 0 aliphatic heterocycles. The first-order valence-electron chi connectivity index (χ1n) is 6.86. The molecule has 0 aliphatic carbocycles. The molecule has 0 amide bonds. The highest BCUT2D eigenvalue weighted by Crippen LogP contribution is 2.31. The van der Waals surface area contributed by atoms with Gasteiger partial charge in [0, 0.05) is 36.6 Å². The molecule has 3 nitrogen and oxygen atoms in total. The molecule has 0 aliphatic rings. The molecule has 1 N–H and O–H groups in total. The van der Waals surface area contributed by atoms with Crippen molar-refractivity contribution in [3.8, 4) is 5.75 Å². The van der Waals surface area contributed by atoms with Crippen molar-refractivity contribution in [2.45, 2.75) is 33.4 Å². The lowest BCUT2D eigenvalue weighted by Gasteiger charge is -2.12. The zero-order chi connectivity index (χ0) is 14.5. The predicted octanol–water partition coefficient (Wildman–Crippen LogP) is 4.48. The molecule has 0 radical (unpaired) electrons. The Bertz CT molecular complexity index is 578. The SMILES string of the molecule is CCCn1ccc(CNc2cc(C)c(Cl)cc2OC)c1. The summed E-state index contributed by atoms with van der Waals surface area (Å²) in [6, 6.07) is 6.00. The summed E-state index contributed by atoms with van der Waals surface area (Å²) in [5.41, 5.74) is 3.27. The smallest absolute Gasteiger partial charge is 0.143 e. The maximum Gasteiger partial charge on any atom is 0.143 e. The van der Waals surface area contributed by atoms with E-state index in [1.807, 2.05) is 19.1 Å². The lowest BCUT2D eigenvalue weighted by molar-refractivity contribution is 0.416. The van der Waals surface area contributed by atoms with Crippen molar-refractivity contribution in [1.82, 2.24) is 4.57 Å². The standard InChI is InChI=1S/C16H21ClN2O/c1-4-6-19-7-5-13(11-19)10-18-15-8-12(2)14(17)9-16(15)20-3/h5,7-9,11,18H,4,6,10H2,1-3H3. The van der Waals surface area contributed by atoms with Gasteiger partial charge in [0.05, 0.1) is 12.8 Å². The van der Waals surface area contributed by atoms with Crippen LogP contribution in [0.3, 0.4) is 0 Å². The minimum Gasteiger partial charge on any atom is -0.495 e. The van der Waals surface area contributed by atoms with Crippen molar-refractivity contribution < 1.29 is 4.74 Å². The quantitative estimate of drug-likeness (QED) is 0.849. The summed E-state index contributed by atoms with van der Waals surface area (Å²) >= 11 is 6.11. The van der Waals surface area contributed by atoms with Crippen molar-refractivity contribution in [2.24, 2.45) is 0 Å². The predicted molar refractivity (Wildman–Crippen MR) is 84.8 cm³/mol. The van der Waals surface area contributed by atoms with Crippen LogP contribution in [-0.4, -0.2) is 11.7 Å². The average molecular weight is 293 g/mol. The summed E-state index contributed by atoms with van der Waals surface area (Å²) in [5, 5.41) is 4.13. The number of methoxy groups -OCH3 is 1. The molecular formula is C16H21ClN2O. The molecule has 0 spiro atoms.